The van der Waals surface area contributed by atoms with E-state index < -0.39 is 0 Å². The predicted molar refractivity (Wildman–Crippen MR) is 52.0 cm³/mol. The summed E-state index contributed by atoms with van der Waals surface area (Å²) in [5, 5.41) is 0. The maximum Gasteiger partial charge on any atom is 0.0830 e. The topological polar surface area (TPSA) is 9.23 Å². The Hall–Kier alpha value is -1.24. The Morgan fingerprint density at radius 1 is 1.25 bits per heavy atom. The molecule has 0 saturated carbocycles. The summed E-state index contributed by atoms with van der Waals surface area (Å²) in [6, 6.07) is 6.37. The first-order valence-corrected chi connectivity index (χ1v) is 4.00. The summed E-state index contributed by atoms with van der Waals surface area (Å²) < 4.78 is 4.86. The fourth-order valence-corrected chi connectivity index (χ4v) is 1.08. The number of aryl methyl sites for hydroxylation is 2. The minimum absolute atomic E-state index is 1.22. The molecule has 0 aliphatic carbocycles. The molecule has 0 N–H and O–H groups in total. The van der Waals surface area contributed by atoms with Crippen LogP contribution in [0.15, 0.2) is 24.5 Å². The fraction of sp³-hybridized carbons (Fsp3) is 0.273. The molecule has 1 aromatic rings. The standard InChI is InChI=1S/C11H14O/c1-9-4-5-10(2)11(8-9)6-7-12-3/h4-8H,1-3H3/b7-6-. The summed E-state index contributed by atoms with van der Waals surface area (Å²) in [4.78, 5) is 0. The molecule has 0 unspecified atom stereocenters. The molecule has 0 atom stereocenters. The van der Waals surface area contributed by atoms with Gasteiger partial charge in [-0.2, -0.15) is 0 Å². The van der Waals surface area contributed by atoms with Crippen molar-refractivity contribution in [3.8, 4) is 0 Å². The molecule has 0 saturated heterocycles. The van der Waals surface area contributed by atoms with Gasteiger partial charge >= 0.3 is 0 Å². The van der Waals surface area contributed by atoms with Crippen molar-refractivity contribution in [3.63, 3.8) is 0 Å². The smallest absolute Gasteiger partial charge is 0.0830 e. The lowest BCUT2D eigenvalue weighted by molar-refractivity contribution is 0.341. The van der Waals surface area contributed by atoms with Crippen molar-refractivity contribution in [2.24, 2.45) is 0 Å². The number of hydrogen-bond donors (Lipinski definition) is 0. The lowest BCUT2D eigenvalue weighted by Crippen LogP contribution is -1.81. The molecule has 0 aliphatic rings. The summed E-state index contributed by atoms with van der Waals surface area (Å²) >= 11 is 0. The second kappa shape index (κ2) is 3.96. The Morgan fingerprint density at radius 3 is 2.67 bits per heavy atom. The van der Waals surface area contributed by atoms with Gasteiger partial charge in [0.25, 0.3) is 0 Å². The average molecular weight is 162 g/mol. The van der Waals surface area contributed by atoms with E-state index in [2.05, 4.69) is 32.0 Å². The number of benzene rings is 1. The van der Waals surface area contributed by atoms with Crippen LogP contribution in [-0.4, -0.2) is 7.11 Å². The predicted octanol–water partition coefficient (Wildman–Crippen LogP) is 2.92. The number of methoxy groups -OCH3 is 1. The van der Waals surface area contributed by atoms with E-state index in [1.54, 1.807) is 13.4 Å². The van der Waals surface area contributed by atoms with Crippen LogP contribution in [0.4, 0.5) is 0 Å². The van der Waals surface area contributed by atoms with E-state index in [0.717, 1.165) is 0 Å². The van der Waals surface area contributed by atoms with Crippen molar-refractivity contribution in [3.05, 3.63) is 41.2 Å². The minimum Gasteiger partial charge on any atom is -0.504 e. The molecule has 1 nitrogen and oxygen atoms in total. The maximum absolute atomic E-state index is 4.86. The monoisotopic (exact) mass is 162 g/mol. The van der Waals surface area contributed by atoms with E-state index in [4.69, 9.17) is 4.74 Å². The zero-order chi connectivity index (χ0) is 8.97. The quantitative estimate of drug-likeness (QED) is 0.607. The van der Waals surface area contributed by atoms with E-state index in [9.17, 15) is 0 Å². The first-order valence-electron chi connectivity index (χ1n) is 4.00. The highest BCUT2D eigenvalue weighted by Gasteiger charge is 1.93. The van der Waals surface area contributed by atoms with Crippen molar-refractivity contribution in [1.29, 1.82) is 0 Å². The van der Waals surface area contributed by atoms with Crippen molar-refractivity contribution < 1.29 is 4.74 Å². The van der Waals surface area contributed by atoms with Crippen LogP contribution >= 0.6 is 0 Å². The third-order valence-corrected chi connectivity index (χ3v) is 1.82. The van der Waals surface area contributed by atoms with Gasteiger partial charge in [0.15, 0.2) is 0 Å². The van der Waals surface area contributed by atoms with Gasteiger partial charge in [-0.25, -0.2) is 0 Å². The van der Waals surface area contributed by atoms with E-state index in [1.807, 2.05) is 6.08 Å². The number of rotatable bonds is 2. The lowest BCUT2D eigenvalue weighted by Gasteiger charge is -2.00. The molecule has 12 heavy (non-hydrogen) atoms. The Balaban J connectivity index is 2.97. The lowest BCUT2D eigenvalue weighted by atomic mass is 10.1. The molecule has 1 heteroatoms. The van der Waals surface area contributed by atoms with Crippen molar-refractivity contribution >= 4 is 6.08 Å². The summed E-state index contributed by atoms with van der Waals surface area (Å²) in [5.41, 5.74) is 3.77. The molecule has 0 fully saturated rings. The van der Waals surface area contributed by atoms with Crippen LogP contribution in [0.2, 0.25) is 0 Å². The zero-order valence-electron chi connectivity index (χ0n) is 7.79. The summed E-state index contributed by atoms with van der Waals surface area (Å²) in [6.07, 6.45) is 3.67. The summed E-state index contributed by atoms with van der Waals surface area (Å²) in [7, 11) is 1.65. The second-order valence-corrected chi connectivity index (χ2v) is 2.90. The molecular weight excluding hydrogens is 148 g/mol. The first kappa shape index (κ1) is 8.85. The molecule has 0 aliphatic heterocycles. The van der Waals surface area contributed by atoms with Crippen LogP contribution in [0.5, 0.6) is 0 Å². The van der Waals surface area contributed by atoms with Gasteiger partial charge in [0.2, 0.25) is 0 Å². The van der Waals surface area contributed by atoms with Gasteiger partial charge in [-0.15, -0.1) is 0 Å². The maximum atomic E-state index is 4.86. The highest BCUT2D eigenvalue weighted by atomic mass is 16.5. The Bertz CT molecular complexity index is 287. The number of ether oxygens (including phenoxy) is 1. The van der Waals surface area contributed by atoms with E-state index in [1.165, 1.54) is 16.7 Å². The van der Waals surface area contributed by atoms with Crippen LogP contribution < -0.4 is 0 Å². The van der Waals surface area contributed by atoms with Gasteiger partial charge in [0, 0.05) is 0 Å². The fourth-order valence-electron chi connectivity index (χ4n) is 1.08. The second-order valence-electron chi connectivity index (χ2n) is 2.90. The molecule has 0 amide bonds. The largest absolute Gasteiger partial charge is 0.504 e. The van der Waals surface area contributed by atoms with Crippen LogP contribution in [0.25, 0.3) is 6.08 Å². The molecule has 0 heterocycles. The first-order chi connectivity index (χ1) is 5.74. The third-order valence-electron chi connectivity index (χ3n) is 1.82. The van der Waals surface area contributed by atoms with Gasteiger partial charge in [0.05, 0.1) is 13.4 Å². The van der Waals surface area contributed by atoms with E-state index in [0.29, 0.717) is 0 Å². The zero-order valence-corrected chi connectivity index (χ0v) is 7.79. The van der Waals surface area contributed by atoms with Crippen LogP contribution in [0.1, 0.15) is 16.7 Å². The van der Waals surface area contributed by atoms with E-state index >= 15 is 0 Å². The van der Waals surface area contributed by atoms with Crippen molar-refractivity contribution in [1.82, 2.24) is 0 Å². The molecule has 1 rings (SSSR count). The molecule has 0 aromatic heterocycles. The Labute approximate surface area is 73.7 Å². The van der Waals surface area contributed by atoms with Crippen LogP contribution in [0.3, 0.4) is 0 Å². The van der Waals surface area contributed by atoms with Crippen LogP contribution in [-0.2, 0) is 4.74 Å². The average Bonchev–Trinajstić information content (AvgIpc) is 2.07. The highest BCUT2D eigenvalue weighted by molar-refractivity contribution is 5.53. The van der Waals surface area contributed by atoms with Gasteiger partial charge in [0.1, 0.15) is 0 Å². The summed E-state index contributed by atoms with van der Waals surface area (Å²) in [6.45, 7) is 4.18. The molecular formula is C11H14O. The third kappa shape index (κ3) is 2.12. The normalized spacial score (nSPS) is 10.6. The highest BCUT2D eigenvalue weighted by Crippen LogP contribution is 2.11. The molecule has 1 aromatic carbocycles. The van der Waals surface area contributed by atoms with Gasteiger partial charge in [-0.1, -0.05) is 23.8 Å². The van der Waals surface area contributed by atoms with Gasteiger partial charge in [-0.3, -0.25) is 0 Å². The van der Waals surface area contributed by atoms with E-state index in [-0.39, 0.29) is 0 Å². The number of hydrogen-bond acceptors (Lipinski definition) is 1. The minimum atomic E-state index is 1.22. The molecule has 0 radical (unpaired) electrons. The molecule has 0 spiro atoms. The SMILES string of the molecule is CO/C=C\c1cc(C)ccc1C. The molecule has 64 valence electrons. The van der Waals surface area contributed by atoms with Gasteiger partial charge < -0.3 is 4.74 Å². The van der Waals surface area contributed by atoms with Gasteiger partial charge in [-0.05, 0) is 31.1 Å². The Kier molecular flexibility index (Phi) is 2.92. The van der Waals surface area contributed by atoms with Crippen molar-refractivity contribution in [2.45, 2.75) is 13.8 Å². The Morgan fingerprint density at radius 2 is 2.00 bits per heavy atom. The van der Waals surface area contributed by atoms with Crippen LogP contribution in [0, 0.1) is 13.8 Å². The van der Waals surface area contributed by atoms with Crippen molar-refractivity contribution in [2.75, 3.05) is 7.11 Å². The molecule has 0 bridgehead atoms. The summed E-state index contributed by atoms with van der Waals surface area (Å²) in [5.74, 6) is 0.